The molecular weight excluding hydrogens is 369 g/mol. The van der Waals surface area contributed by atoms with Crippen molar-refractivity contribution in [2.75, 3.05) is 7.11 Å². The monoisotopic (exact) mass is 374 g/mol. The predicted molar refractivity (Wildman–Crippen MR) is 63.4 cm³/mol. The quantitative estimate of drug-likeness (QED) is 0.569. The Kier molecular flexibility index (Phi) is 4.60. The second-order valence-electron chi connectivity index (χ2n) is 3.09. The fraction of sp³-hybridized carbons (Fsp3) is 0.300. The molecule has 1 aromatic rings. The summed E-state index contributed by atoms with van der Waals surface area (Å²) in [5.74, 6) is -0.803. The van der Waals surface area contributed by atoms with Gasteiger partial charge >= 0.3 is 12.1 Å². The largest absolute Gasteiger partial charge is 0.465 e. The Morgan fingerprint density at radius 3 is 2.35 bits per heavy atom. The Labute approximate surface area is 112 Å². The van der Waals surface area contributed by atoms with Gasteiger partial charge in [0.1, 0.15) is 0 Å². The highest BCUT2D eigenvalue weighted by Crippen LogP contribution is 2.40. The molecule has 0 fully saturated rings. The van der Waals surface area contributed by atoms with E-state index < -0.39 is 21.4 Å². The van der Waals surface area contributed by atoms with Gasteiger partial charge in [-0.15, -0.1) is 0 Å². The number of ether oxygens (including phenoxy) is 1. The molecule has 0 spiro atoms. The number of esters is 1. The van der Waals surface area contributed by atoms with Gasteiger partial charge in [-0.25, -0.2) is 4.79 Å². The molecule has 0 aromatic heterocycles. The van der Waals surface area contributed by atoms with Gasteiger partial charge in [0.25, 0.3) is 0 Å². The first-order valence-electron chi connectivity index (χ1n) is 4.35. The van der Waals surface area contributed by atoms with Gasteiger partial charge in [0.15, 0.2) is 0 Å². The van der Waals surface area contributed by atoms with Crippen molar-refractivity contribution in [2.45, 2.75) is 9.91 Å². The summed E-state index contributed by atoms with van der Waals surface area (Å²) < 4.78 is 42.0. The molecule has 0 saturated carbocycles. The standard InChI is InChI=1S/C10H7Br2F3O2/c1-17-9(16)5-2-3-6(8(11)12)7(4-5)10(13,14)15/h2-4,8H,1H3. The summed E-state index contributed by atoms with van der Waals surface area (Å²) in [6, 6.07) is 3.28. The smallest absolute Gasteiger partial charge is 0.416 e. The maximum absolute atomic E-state index is 12.8. The van der Waals surface area contributed by atoms with Crippen molar-refractivity contribution in [3.8, 4) is 0 Å². The second-order valence-corrected chi connectivity index (χ2v) is 6.15. The number of methoxy groups -OCH3 is 1. The summed E-state index contributed by atoms with van der Waals surface area (Å²) in [6.45, 7) is 0. The predicted octanol–water partition coefficient (Wildman–Crippen LogP) is 4.28. The number of hydrogen-bond donors (Lipinski definition) is 0. The third-order valence-corrected chi connectivity index (χ3v) is 3.00. The van der Waals surface area contributed by atoms with Crippen LogP contribution in [0.3, 0.4) is 0 Å². The highest BCUT2D eigenvalue weighted by Gasteiger charge is 2.35. The third kappa shape index (κ3) is 3.45. The van der Waals surface area contributed by atoms with Crippen LogP contribution in [-0.2, 0) is 10.9 Å². The number of alkyl halides is 5. The first-order valence-corrected chi connectivity index (χ1v) is 6.18. The van der Waals surface area contributed by atoms with Crippen molar-refractivity contribution in [1.82, 2.24) is 0 Å². The molecule has 94 valence electrons. The number of benzene rings is 1. The van der Waals surface area contributed by atoms with Gasteiger partial charge in [-0.05, 0) is 17.7 Å². The fourth-order valence-electron chi connectivity index (χ4n) is 1.24. The van der Waals surface area contributed by atoms with Gasteiger partial charge in [-0.2, -0.15) is 13.2 Å². The van der Waals surface area contributed by atoms with Crippen LogP contribution in [-0.4, -0.2) is 13.1 Å². The summed E-state index contributed by atoms with van der Waals surface area (Å²) in [4.78, 5) is 11.2. The van der Waals surface area contributed by atoms with E-state index in [1.165, 1.54) is 12.1 Å². The lowest BCUT2D eigenvalue weighted by Crippen LogP contribution is -2.11. The van der Waals surface area contributed by atoms with Crippen LogP contribution in [0.4, 0.5) is 13.2 Å². The summed E-state index contributed by atoms with van der Waals surface area (Å²) in [7, 11) is 1.11. The molecule has 0 heterocycles. The zero-order valence-corrected chi connectivity index (χ0v) is 11.7. The average molecular weight is 376 g/mol. The number of rotatable bonds is 2. The maximum atomic E-state index is 12.8. The molecule has 0 aliphatic carbocycles. The van der Waals surface area contributed by atoms with Crippen LogP contribution in [0.1, 0.15) is 25.2 Å². The van der Waals surface area contributed by atoms with E-state index in [-0.39, 0.29) is 11.1 Å². The average Bonchev–Trinajstić information content (AvgIpc) is 2.25. The van der Waals surface area contributed by atoms with Crippen molar-refractivity contribution in [1.29, 1.82) is 0 Å². The van der Waals surface area contributed by atoms with E-state index in [1.807, 2.05) is 0 Å². The minimum absolute atomic E-state index is 0.00477. The van der Waals surface area contributed by atoms with Crippen molar-refractivity contribution < 1.29 is 22.7 Å². The fourth-order valence-corrected chi connectivity index (χ4v) is 2.04. The van der Waals surface area contributed by atoms with Crippen LogP contribution in [0, 0.1) is 0 Å². The van der Waals surface area contributed by atoms with Gasteiger partial charge in [-0.3, -0.25) is 0 Å². The minimum Gasteiger partial charge on any atom is -0.465 e. The highest BCUT2D eigenvalue weighted by atomic mass is 79.9. The molecule has 1 rings (SSSR count). The Bertz CT molecular complexity index is 430. The van der Waals surface area contributed by atoms with E-state index >= 15 is 0 Å². The molecule has 0 N–H and O–H groups in total. The molecule has 17 heavy (non-hydrogen) atoms. The number of halogens is 5. The lowest BCUT2D eigenvalue weighted by atomic mass is 10.0. The molecule has 0 saturated heterocycles. The number of hydrogen-bond acceptors (Lipinski definition) is 2. The van der Waals surface area contributed by atoms with Gasteiger partial charge < -0.3 is 4.74 Å². The molecule has 7 heteroatoms. The van der Waals surface area contributed by atoms with E-state index in [0.29, 0.717) is 0 Å². The lowest BCUT2D eigenvalue weighted by molar-refractivity contribution is -0.138. The summed E-state index contributed by atoms with van der Waals surface area (Å²) in [6.07, 6.45) is -4.53. The zero-order chi connectivity index (χ0) is 13.2. The van der Waals surface area contributed by atoms with E-state index in [1.54, 1.807) is 0 Å². The van der Waals surface area contributed by atoms with Gasteiger partial charge in [0, 0.05) is 0 Å². The molecule has 0 radical (unpaired) electrons. The highest BCUT2D eigenvalue weighted by molar-refractivity contribution is 9.24. The van der Waals surface area contributed by atoms with Crippen LogP contribution < -0.4 is 0 Å². The van der Waals surface area contributed by atoms with Crippen LogP contribution >= 0.6 is 31.9 Å². The number of carbonyl (C=O) groups excluding carboxylic acids is 1. The topological polar surface area (TPSA) is 26.3 Å². The summed E-state index contributed by atoms with van der Waals surface area (Å²) >= 11 is 6.01. The SMILES string of the molecule is COC(=O)c1ccc(C(Br)Br)c(C(F)(F)F)c1. The van der Waals surface area contributed by atoms with E-state index in [2.05, 4.69) is 36.6 Å². The normalized spacial score (nSPS) is 11.7. The Morgan fingerprint density at radius 1 is 1.35 bits per heavy atom. The molecule has 0 bridgehead atoms. The van der Waals surface area contributed by atoms with Crippen molar-refractivity contribution >= 4 is 37.8 Å². The summed E-state index contributed by atoms with van der Waals surface area (Å²) in [5, 5.41) is 0. The third-order valence-electron chi connectivity index (χ3n) is 2.01. The first-order chi connectivity index (χ1) is 7.77. The van der Waals surface area contributed by atoms with Crippen LogP contribution in [0.15, 0.2) is 18.2 Å². The lowest BCUT2D eigenvalue weighted by Gasteiger charge is -2.14. The van der Waals surface area contributed by atoms with Crippen molar-refractivity contribution in [3.63, 3.8) is 0 Å². The van der Waals surface area contributed by atoms with E-state index in [4.69, 9.17) is 0 Å². The van der Waals surface area contributed by atoms with Gasteiger partial charge in [0.05, 0.1) is 22.0 Å². The Morgan fingerprint density at radius 2 is 1.94 bits per heavy atom. The van der Waals surface area contributed by atoms with Gasteiger partial charge in [-0.1, -0.05) is 37.9 Å². The molecule has 0 atom stereocenters. The summed E-state index contributed by atoms with van der Waals surface area (Å²) in [5.41, 5.74) is -1.01. The minimum atomic E-state index is -4.53. The van der Waals surface area contributed by atoms with E-state index in [9.17, 15) is 18.0 Å². The molecule has 1 aromatic carbocycles. The first kappa shape index (κ1) is 14.5. The molecule has 0 unspecified atom stereocenters. The molecule has 0 aliphatic heterocycles. The molecule has 2 nitrogen and oxygen atoms in total. The Balaban J connectivity index is 3.35. The maximum Gasteiger partial charge on any atom is 0.416 e. The zero-order valence-electron chi connectivity index (χ0n) is 8.52. The molecule has 0 aliphatic rings. The number of carbonyl (C=O) groups is 1. The van der Waals surface area contributed by atoms with E-state index in [0.717, 1.165) is 13.2 Å². The van der Waals surface area contributed by atoms with Crippen LogP contribution in [0.2, 0.25) is 0 Å². The van der Waals surface area contributed by atoms with Crippen molar-refractivity contribution in [3.05, 3.63) is 34.9 Å². The van der Waals surface area contributed by atoms with Gasteiger partial charge in [0.2, 0.25) is 0 Å². The second kappa shape index (κ2) is 5.39. The molecule has 0 amide bonds. The van der Waals surface area contributed by atoms with Crippen LogP contribution in [0.25, 0.3) is 0 Å². The van der Waals surface area contributed by atoms with Crippen molar-refractivity contribution in [2.24, 2.45) is 0 Å². The Hall–Kier alpha value is -0.560. The van der Waals surface area contributed by atoms with Crippen LogP contribution in [0.5, 0.6) is 0 Å². The molecular formula is C10H7Br2F3O2.